The molecule has 0 aromatic heterocycles. The predicted molar refractivity (Wildman–Crippen MR) is 73.3 cm³/mol. The fourth-order valence-corrected chi connectivity index (χ4v) is 3.35. The van der Waals surface area contributed by atoms with Crippen LogP contribution in [0.1, 0.15) is 23.2 Å². The van der Waals surface area contributed by atoms with Gasteiger partial charge in [0.1, 0.15) is 4.90 Å². The lowest BCUT2D eigenvalue weighted by molar-refractivity contribution is 0.0453. The number of rotatable bonds is 5. The van der Waals surface area contributed by atoms with Crippen molar-refractivity contribution in [3.63, 3.8) is 0 Å². The fourth-order valence-electron chi connectivity index (χ4n) is 2.12. The third-order valence-electron chi connectivity index (χ3n) is 3.36. The lowest BCUT2D eigenvalue weighted by Gasteiger charge is -2.31. The van der Waals surface area contributed by atoms with Crippen molar-refractivity contribution in [3.05, 3.63) is 23.8 Å². The molecule has 110 valence electrons. The lowest BCUT2D eigenvalue weighted by atomic mass is 9.83. The van der Waals surface area contributed by atoms with E-state index in [1.165, 1.54) is 18.2 Å². The maximum atomic E-state index is 12.1. The highest BCUT2D eigenvalue weighted by atomic mass is 32.2. The van der Waals surface area contributed by atoms with Crippen LogP contribution in [0.15, 0.2) is 23.1 Å². The molecule has 0 atom stereocenters. The fraction of sp³-hybridized carbons (Fsp3) is 0.417. The molecule has 0 saturated heterocycles. The van der Waals surface area contributed by atoms with Crippen molar-refractivity contribution in [2.45, 2.75) is 23.8 Å². The maximum Gasteiger partial charge on any atom is 0.248 e. The van der Waals surface area contributed by atoms with Crippen molar-refractivity contribution in [2.24, 2.45) is 11.7 Å². The zero-order chi connectivity index (χ0) is 14.9. The highest BCUT2D eigenvalue weighted by Gasteiger charge is 2.29. The van der Waals surface area contributed by atoms with Crippen LogP contribution in [0.4, 0.5) is 5.69 Å². The van der Waals surface area contributed by atoms with Crippen molar-refractivity contribution >= 4 is 21.6 Å². The summed E-state index contributed by atoms with van der Waals surface area (Å²) in [5.41, 5.74) is 10.9. The standard InChI is InChI=1S/C12H17N3O4S/c13-10-5-8(12(14)17)1-2-11(10)20(18,19)15-6-7-3-9(16)4-7/h1-2,5,7,9,15-16H,3-4,6,13H2,(H2,14,17). The Hall–Kier alpha value is -1.64. The summed E-state index contributed by atoms with van der Waals surface area (Å²) in [6.45, 7) is 0.260. The lowest BCUT2D eigenvalue weighted by Crippen LogP contribution is -2.38. The number of aliphatic hydroxyl groups excluding tert-OH is 1. The smallest absolute Gasteiger partial charge is 0.248 e. The number of sulfonamides is 1. The van der Waals surface area contributed by atoms with E-state index >= 15 is 0 Å². The van der Waals surface area contributed by atoms with Crippen LogP contribution in [0, 0.1) is 5.92 Å². The number of primary amides is 1. The molecule has 0 aliphatic heterocycles. The normalized spacial score (nSPS) is 22.2. The monoisotopic (exact) mass is 299 g/mol. The van der Waals surface area contributed by atoms with E-state index in [9.17, 15) is 13.2 Å². The summed E-state index contributed by atoms with van der Waals surface area (Å²) in [5, 5.41) is 9.15. The first kappa shape index (κ1) is 14.8. The number of aliphatic hydroxyl groups is 1. The molecule has 1 amide bonds. The number of amides is 1. The molecule has 0 unspecified atom stereocenters. The minimum absolute atomic E-state index is 0.0255. The molecule has 6 N–H and O–H groups in total. The second-order valence-electron chi connectivity index (χ2n) is 4.96. The number of hydrogen-bond acceptors (Lipinski definition) is 5. The first-order valence-corrected chi connectivity index (χ1v) is 7.65. The zero-order valence-corrected chi connectivity index (χ0v) is 11.6. The van der Waals surface area contributed by atoms with Gasteiger partial charge in [-0.1, -0.05) is 0 Å². The summed E-state index contributed by atoms with van der Waals surface area (Å²) < 4.78 is 26.6. The minimum atomic E-state index is -3.73. The summed E-state index contributed by atoms with van der Waals surface area (Å²) in [7, 11) is -3.73. The Morgan fingerprint density at radius 3 is 2.55 bits per heavy atom. The molecule has 8 heteroatoms. The average Bonchev–Trinajstić information content (AvgIpc) is 2.32. The van der Waals surface area contributed by atoms with Crippen molar-refractivity contribution in [2.75, 3.05) is 12.3 Å². The maximum absolute atomic E-state index is 12.1. The summed E-state index contributed by atoms with van der Waals surface area (Å²) >= 11 is 0. The van der Waals surface area contributed by atoms with Gasteiger partial charge in [-0.05, 0) is 37.0 Å². The Balaban J connectivity index is 2.11. The molecule has 1 aliphatic carbocycles. The Morgan fingerprint density at radius 1 is 1.40 bits per heavy atom. The Kier molecular flexibility index (Phi) is 3.98. The summed E-state index contributed by atoms with van der Waals surface area (Å²) in [6.07, 6.45) is 0.862. The first-order chi connectivity index (χ1) is 9.29. The molecule has 2 rings (SSSR count). The Labute approximate surface area is 117 Å². The van der Waals surface area contributed by atoms with E-state index in [1.54, 1.807) is 0 Å². The molecular formula is C12H17N3O4S. The number of benzene rings is 1. The molecule has 1 fully saturated rings. The molecule has 1 aromatic carbocycles. The predicted octanol–water partition coefficient (Wildman–Crippen LogP) is -0.583. The third-order valence-corrected chi connectivity index (χ3v) is 4.85. The van der Waals surface area contributed by atoms with Gasteiger partial charge in [0.2, 0.25) is 15.9 Å². The largest absolute Gasteiger partial charge is 0.398 e. The number of nitrogens with one attached hydrogen (secondary N) is 1. The number of carbonyl (C=O) groups is 1. The Morgan fingerprint density at radius 2 is 2.05 bits per heavy atom. The van der Waals surface area contributed by atoms with Crippen molar-refractivity contribution < 1.29 is 18.3 Å². The van der Waals surface area contributed by atoms with Crippen molar-refractivity contribution in [1.29, 1.82) is 0 Å². The van der Waals surface area contributed by atoms with E-state index < -0.39 is 15.9 Å². The number of carbonyl (C=O) groups excluding carboxylic acids is 1. The van der Waals surface area contributed by atoms with Gasteiger partial charge >= 0.3 is 0 Å². The first-order valence-electron chi connectivity index (χ1n) is 6.16. The highest BCUT2D eigenvalue weighted by Crippen LogP contribution is 2.27. The SMILES string of the molecule is NC(=O)c1ccc(S(=O)(=O)NCC2CC(O)C2)c(N)c1. The van der Waals surface area contributed by atoms with Crippen LogP contribution < -0.4 is 16.2 Å². The van der Waals surface area contributed by atoms with Crippen LogP contribution in [0.3, 0.4) is 0 Å². The second kappa shape index (κ2) is 5.39. The van der Waals surface area contributed by atoms with Crippen molar-refractivity contribution in [1.82, 2.24) is 4.72 Å². The molecule has 1 saturated carbocycles. The number of nitrogen functional groups attached to an aromatic ring is 1. The van der Waals surface area contributed by atoms with Crippen LogP contribution in [-0.4, -0.2) is 32.1 Å². The summed E-state index contributed by atoms with van der Waals surface area (Å²) in [4.78, 5) is 10.9. The molecule has 0 heterocycles. The van der Waals surface area contributed by atoms with Crippen LogP contribution in [0.25, 0.3) is 0 Å². The van der Waals surface area contributed by atoms with Gasteiger partial charge in [0.15, 0.2) is 0 Å². The molecule has 7 nitrogen and oxygen atoms in total. The van der Waals surface area contributed by atoms with Crippen molar-refractivity contribution in [3.8, 4) is 0 Å². The summed E-state index contributed by atoms with van der Waals surface area (Å²) in [6, 6.07) is 3.82. The van der Waals surface area contributed by atoms with Gasteiger partial charge in [-0.25, -0.2) is 13.1 Å². The van der Waals surface area contributed by atoms with E-state index in [2.05, 4.69) is 4.72 Å². The van der Waals surface area contributed by atoms with Gasteiger partial charge in [-0.15, -0.1) is 0 Å². The molecule has 1 aromatic rings. The van der Waals surface area contributed by atoms with E-state index in [1.807, 2.05) is 0 Å². The Bertz CT molecular complexity index is 624. The quantitative estimate of drug-likeness (QED) is 0.539. The van der Waals surface area contributed by atoms with E-state index in [0.717, 1.165) is 0 Å². The molecule has 0 radical (unpaired) electrons. The zero-order valence-electron chi connectivity index (χ0n) is 10.7. The molecule has 0 bridgehead atoms. The average molecular weight is 299 g/mol. The third kappa shape index (κ3) is 3.09. The number of hydrogen-bond donors (Lipinski definition) is 4. The second-order valence-corrected chi connectivity index (χ2v) is 6.70. The van der Waals surface area contributed by atoms with Crippen LogP contribution in [0.2, 0.25) is 0 Å². The highest BCUT2D eigenvalue weighted by molar-refractivity contribution is 7.89. The number of anilines is 1. The van der Waals surface area contributed by atoms with Crippen LogP contribution >= 0.6 is 0 Å². The molecule has 0 spiro atoms. The van der Waals surface area contributed by atoms with Gasteiger partial charge in [0, 0.05) is 12.1 Å². The summed E-state index contributed by atoms with van der Waals surface area (Å²) in [5.74, 6) is -0.525. The van der Waals surface area contributed by atoms with Crippen LogP contribution in [0.5, 0.6) is 0 Å². The van der Waals surface area contributed by atoms with Crippen LogP contribution in [-0.2, 0) is 10.0 Å². The molecule has 1 aliphatic rings. The van der Waals surface area contributed by atoms with Gasteiger partial charge in [0.05, 0.1) is 11.8 Å². The van der Waals surface area contributed by atoms with Gasteiger partial charge in [-0.3, -0.25) is 4.79 Å². The molecule has 20 heavy (non-hydrogen) atoms. The number of nitrogens with two attached hydrogens (primary N) is 2. The topological polar surface area (TPSA) is 136 Å². The molecular weight excluding hydrogens is 282 g/mol. The minimum Gasteiger partial charge on any atom is -0.398 e. The van der Waals surface area contributed by atoms with Gasteiger partial charge < -0.3 is 16.6 Å². The van der Waals surface area contributed by atoms with E-state index in [4.69, 9.17) is 16.6 Å². The van der Waals surface area contributed by atoms with Gasteiger partial charge in [-0.2, -0.15) is 0 Å². The van der Waals surface area contributed by atoms with E-state index in [-0.39, 0.29) is 34.7 Å². The van der Waals surface area contributed by atoms with Gasteiger partial charge in [0.25, 0.3) is 0 Å². The van der Waals surface area contributed by atoms with E-state index in [0.29, 0.717) is 12.8 Å².